The van der Waals surface area contributed by atoms with Gasteiger partial charge in [0.2, 0.25) is 0 Å². The molecule has 9 heteroatoms. The second kappa shape index (κ2) is 12.9. The summed E-state index contributed by atoms with van der Waals surface area (Å²) in [6, 6.07) is 0. The zero-order valence-electron chi connectivity index (χ0n) is 10.0. The van der Waals surface area contributed by atoms with Crippen molar-refractivity contribution in [2.24, 2.45) is 0 Å². The third kappa shape index (κ3) is 19.4. The smallest absolute Gasteiger partial charge is 0.508 e. The van der Waals surface area contributed by atoms with Gasteiger partial charge in [-0.3, -0.25) is 0 Å². The van der Waals surface area contributed by atoms with Crippen molar-refractivity contribution in [1.82, 2.24) is 0 Å². The van der Waals surface area contributed by atoms with Gasteiger partial charge in [-0.05, 0) is 13.8 Å². The predicted octanol–water partition coefficient (Wildman–Crippen LogP) is 0.220. The molecule has 18 heavy (non-hydrogen) atoms. The molecule has 0 saturated heterocycles. The Labute approximate surface area is 103 Å². The van der Waals surface area contributed by atoms with Crippen molar-refractivity contribution in [2.75, 3.05) is 26.4 Å². The SMILES string of the molecule is CCOC(=O)OCC.O=C([O-])OCCOC(=O)O. The summed E-state index contributed by atoms with van der Waals surface area (Å²) in [4.78, 5) is 29.3. The standard InChI is InChI=1S/C5H10O3.C4H6O6/c1-3-7-5(6)8-4-2;5-3(6)9-1-2-10-4(7)8/h3-4H2,1-2H3;1-2H2,(H,5,6)(H,7,8)/p-1. The summed E-state index contributed by atoms with van der Waals surface area (Å²) >= 11 is 0. The topological polar surface area (TPSA) is 131 Å². The molecule has 0 heterocycles. The largest absolute Gasteiger partial charge is 0.546 e. The molecule has 0 aromatic carbocycles. The molecule has 0 aromatic rings. The van der Waals surface area contributed by atoms with Crippen LogP contribution in [0.1, 0.15) is 13.8 Å². The lowest BCUT2D eigenvalue weighted by molar-refractivity contribution is -0.283. The number of ether oxygens (including phenoxy) is 4. The Morgan fingerprint density at radius 3 is 1.72 bits per heavy atom. The van der Waals surface area contributed by atoms with Crippen molar-refractivity contribution in [1.29, 1.82) is 0 Å². The number of hydrogen-bond donors (Lipinski definition) is 1. The fourth-order valence-electron chi connectivity index (χ4n) is 0.531. The van der Waals surface area contributed by atoms with E-state index in [1.165, 1.54) is 0 Å². The summed E-state index contributed by atoms with van der Waals surface area (Å²) in [6.45, 7) is 3.56. The fraction of sp³-hybridized carbons (Fsp3) is 0.667. The molecule has 0 unspecified atom stereocenters. The highest BCUT2D eigenvalue weighted by Gasteiger charge is 1.96. The van der Waals surface area contributed by atoms with Crippen LogP contribution < -0.4 is 5.11 Å². The highest BCUT2D eigenvalue weighted by atomic mass is 16.7. The first kappa shape index (κ1) is 18.2. The van der Waals surface area contributed by atoms with Gasteiger partial charge in [-0.25, -0.2) is 9.59 Å². The summed E-state index contributed by atoms with van der Waals surface area (Å²) < 4.78 is 16.5. The molecule has 0 atom stereocenters. The Bertz CT molecular complexity index is 226. The first-order valence-corrected chi connectivity index (χ1v) is 4.93. The molecule has 0 bridgehead atoms. The van der Waals surface area contributed by atoms with Gasteiger partial charge in [-0.2, -0.15) is 0 Å². The van der Waals surface area contributed by atoms with E-state index >= 15 is 0 Å². The van der Waals surface area contributed by atoms with E-state index in [1.54, 1.807) is 13.8 Å². The van der Waals surface area contributed by atoms with E-state index in [1.807, 2.05) is 0 Å². The normalized spacial score (nSPS) is 8.33. The van der Waals surface area contributed by atoms with Gasteiger partial charge in [0.05, 0.1) is 19.8 Å². The predicted molar refractivity (Wildman–Crippen MR) is 54.0 cm³/mol. The maximum atomic E-state index is 10.2. The molecule has 0 amide bonds. The van der Waals surface area contributed by atoms with E-state index < -0.39 is 18.5 Å². The molecule has 1 N–H and O–H groups in total. The van der Waals surface area contributed by atoms with Crippen molar-refractivity contribution in [3.05, 3.63) is 0 Å². The summed E-state index contributed by atoms with van der Waals surface area (Å²) in [7, 11) is 0. The van der Waals surface area contributed by atoms with Crippen LogP contribution in [0, 0.1) is 0 Å². The fourth-order valence-corrected chi connectivity index (χ4v) is 0.531. The van der Waals surface area contributed by atoms with Gasteiger partial charge in [0.1, 0.15) is 6.61 Å². The number of rotatable bonds is 5. The molecular weight excluding hydrogens is 252 g/mol. The maximum absolute atomic E-state index is 10.2. The third-order valence-corrected chi connectivity index (χ3v) is 1.05. The second-order valence-corrected chi connectivity index (χ2v) is 2.33. The number of carbonyl (C=O) groups excluding carboxylic acids is 2. The maximum Gasteiger partial charge on any atom is 0.508 e. The first-order chi connectivity index (χ1) is 8.43. The Morgan fingerprint density at radius 2 is 1.39 bits per heavy atom. The van der Waals surface area contributed by atoms with Crippen LogP contribution in [0.3, 0.4) is 0 Å². The lowest BCUT2D eigenvalue weighted by Gasteiger charge is -2.05. The zero-order chi connectivity index (χ0) is 14.4. The van der Waals surface area contributed by atoms with E-state index in [0.29, 0.717) is 13.2 Å². The van der Waals surface area contributed by atoms with Crippen LogP contribution >= 0.6 is 0 Å². The minimum absolute atomic E-state index is 0.316. The van der Waals surface area contributed by atoms with Gasteiger partial charge in [-0.15, -0.1) is 0 Å². The molecule has 0 spiro atoms. The Balaban J connectivity index is 0. The first-order valence-electron chi connectivity index (χ1n) is 4.93. The van der Waals surface area contributed by atoms with E-state index in [2.05, 4.69) is 18.9 Å². The van der Waals surface area contributed by atoms with Gasteiger partial charge in [-0.1, -0.05) is 0 Å². The summed E-state index contributed by atoms with van der Waals surface area (Å²) in [5, 5.41) is 17.3. The minimum atomic E-state index is -1.70. The van der Waals surface area contributed by atoms with Crippen LogP contribution in [-0.4, -0.2) is 50.0 Å². The summed E-state index contributed by atoms with van der Waals surface area (Å²) in [5.74, 6) is 0. The number of carbonyl (C=O) groups is 3. The molecule has 106 valence electrons. The number of carboxylic acid groups (broad SMARTS) is 2. The number of hydrogen-bond acceptors (Lipinski definition) is 8. The molecule has 0 aliphatic carbocycles. The average molecular weight is 267 g/mol. The minimum Gasteiger partial charge on any atom is -0.546 e. The van der Waals surface area contributed by atoms with Crippen molar-refractivity contribution in [3.8, 4) is 0 Å². The Kier molecular flexibility index (Phi) is 13.0. The zero-order valence-corrected chi connectivity index (χ0v) is 10.0. The van der Waals surface area contributed by atoms with E-state index in [0.717, 1.165) is 0 Å². The molecule has 0 aromatic heterocycles. The molecule has 0 saturated carbocycles. The summed E-state index contributed by atoms with van der Waals surface area (Å²) in [6.07, 6.45) is -3.76. The Morgan fingerprint density at radius 1 is 0.944 bits per heavy atom. The van der Waals surface area contributed by atoms with Crippen molar-refractivity contribution < 1.29 is 43.5 Å². The molecule has 0 rings (SSSR count). The third-order valence-electron chi connectivity index (χ3n) is 1.05. The van der Waals surface area contributed by atoms with E-state index in [4.69, 9.17) is 5.11 Å². The van der Waals surface area contributed by atoms with Gasteiger partial charge in [0.25, 0.3) is 6.16 Å². The van der Waals surface area contributed by atoms with E-state index in [-0.39, 0.29) is 13.2 Å². The van der Waals surface area contributed by atoms with Crippen molar-refractivity contribution in [2.45, 2.75) is 13.8 Å². The van der Waals surface area contributed by atoms with Gasteiger partial charge in [0, 0.05) is 0 Å². The molecular formula is C9H15O9-. The average Bonchev–Trinajstić information content (AvgIpc) is 2.25. The highest BCUT2D eigenvalue weighted by Crippen LogP contribution is 1.81. The van der Waals surface area contributed by atoms with Gasteiger partial charge < -0.3 is 34.0 Å². The van der Waals surface area contributed by atoms with Gasteiger partial charge in [0.15, 0.2) is 0 Å². The lowest BCUT2D eigenvalue weighted by Crippen LogP contribution is -2.25. The van der Waals surface area contributed by atoms with Crippen molar-refractivity contribution in [3.63, 3.8) is 0 Å². The van der Waals surface area contributed by atoms with Crippen LogP contribution in [0.5, 0.6) is 0 Å². The monoisotopic (exact) mass is 267 g/mol. The lowest BCUT2D eigenvalue weighted by atomic mass is 10.8. The quantitative estimate of drug-likeness (QED) is 0.422. The highest BCUT2D eigenvalue weighted by molar-refractivity contribution is 5.59. The molecule has 0 fully saturated rings. The molecule has 0 aliphatic heterocycles. The van der Waals surface area contributed by atoms with Crippen LogP contribution in [0.15, 0.2) is 0 Å². The van der Waals surface area contributed by atoms with E-state index in [9.17, 15) is 19.5 Å². The van der Waals surface area contributed by atoms with Crippen LogP contribution in [0.4, 0.5) is 14.4 Å². The summed E-state index contributed by atoms with van der Waals surface area (Å²) in [5.41, 5.74) is 0. The van der Waals surface area contributed by atoms with Crippen molar-refractivity contribution >= 4 is 18.5 Å². The Hall–Kier alpha value is -2.19. The van der Waals surface area contributed by atoms with Gasteiger partial charge >= 0.3 is 12.3 Å². The van der Waals surface area contributed by atoms with Crippen LogP contribution in [0.2, 0.25) is 0 Å². The molecule has 9 nitrogen and oxygen atoms in total. The van der Waals surface area contributed by atoms with Crippen LogP contribution in [-0.2, 0) is 18.9 Å². The molecule has 0 aliphatic rings. The van der Waals surface area contributed by atoms with Crippen LogP contribution in [0.25, 0.3) is 0 Å². The molecule has 0 radical (unpaired) electrons. The second-order valence-electron chi connectivity index (χ2n) is 2.33.